The fourth-order valence-electron chi connectivity index (χ4n) is 4.78. The molecule has 1 amide bonds. The second-order valence-corrected chi connectivity index (χ2v) is 11.3. The summed E-state index contributed by atoms with van der Waals surface area (Å²) in [6.07, 6.45) is 4.33. The molecule has 3 aromatic carbocycles. The lowest BCUT2D eigenvalue weighted by molar-refractivity contribution is -0.116. The minimum atomic E-state index is -2.22. The van der Waals surface area contributed by atoms with Gasteiger partial charge < -0.3 is 21.9 Å². The van der Waals surface area contributed by atoms with Crippen LogP contribution >= 0.6 is 7.26 Å². The normalized spacial score (nSPS) is 15.9. The topological polar surface area (TPSA) is 33.2 Å². The maximum atomic E-state index is 14.0. The van der Waals surface area contributed by atoms with Gasteiger partial charge in [-0.25, -0.2) is 0 Å². The number of carbonyl (C=O) groups excluding carboxylic acids is 1. The zero-order valence-corrected chi connectivity index (χ0v) is 20.1. The van der Waals surface area contributed by atoms with Gasteiger partial charge in [-0.2, -0.15) is 0 Å². The highest BCUT2D eigenvalue weighted by atomic mass is 79.9. The molecular formula is C27H24BrN2OP. The number of hydrogen-bond acceptors (Lipinski definition) is 2. The van der Waals surface area contributed by atoms with E-state index >= 15 is 0 Å². The molecule has 1 aliphatic heterocycles. The Morgan fingerprint density at radius 2 is 1.12 bits per heavy atom. The van der Waals surface area contributed by atoms with E-state index in [4.69, 9.17) is 0 Å². The van der Waals surface area contributed by atoms with E-state index in [1.165, 1.54) is 15.9 Å². The second-order valence-electron chi connectivity index (χ2n) is 7.73. The zero-order chi connectivity index (χ0) is 21.1. The quantitative estimate of drug-likeness (QED) is 0.384. The van der Waals surface area contributed by atoms with Crippen LogP contribution in [0.25, 0.3) is 0 Å². The number of anilines is 1. The van der Waals surface area contributed by atoms with Gasteiger partial charge in [0.05, 0.1) is 0 Å². The van der Waals surface area contributed by atoms with Crippen LogP contribution in [0, 0.1) is 0 Å². The molecule has 3 nitrogen and oxygen atoms in total. The van der Waals surface area contributed by atoms with Crippen LogP contribution in [-0.2, 0) is 4.79 Å². The number of halogens is 1. The molecular weight excluding hydrogens is 479 g/mol. The van der Waals surface area contributed by atoms with Crippen molar-refractivity contribution < 1.29 is 21.8 Å². The van der Waals surface area contributed by atoms with Gasteiger partial charge in [-0.1, -0.05) is 54.6 Å². The molecule has 4 aromatic rings. The number of hydrogen-bond donors (Lipinski definition) is 0. The van der Waals surface area contributed by atoms with Gasteiger partial charge in [-0.15, -0.1) is 0 Å². The molecule has 1 aromatic heterocycles. The highest BCUT2D eigenvalue weighted by molar-refractivity contribution is 7.97. The van der Waals surface area contributed by atoms with E-state index in [2.05, 4.69) is 77.8 Å². The maximum Gasteiger partial charge on any atom is 0.268 e. The van der Waals surface area contributed by atoms with Crippen molar-refractivity contribution in [3.63, 3.8) is 0 Å². The van der Waals surface area contributed by atoms with Crippen LogP contribution < -0.4 is 37.8 Å². The summed E-state index contributed by atoms with van der Waals surface area (Å²) in [5, 5.41) is 3.76. The Hall–Kier alpha value is -2.81. The van der Waals surface area contributed by atoms with Crippen LogP contribution in [0.15, 0.2) is 116 Å². The number of nitrogens with zero attached hydrogens (tertiary/aromatic N) is 2. The van der Waals surface area contributed by atoms with Crippen LogP contribution in [0.2, 0.25) is 0 Å². The molecule has 32 heavy (non-hydrogen) atoms. The van der Waals surface area contributed by atoms with Crippen LogP contribution in [0.3, 0.4) is 0 Å². The summed E-state index contributed by atoms with van der Waals surface area (Å²) in [6, 6.07) is 35.8. The molecule has 0 aliphatic carbocycles. The summed E-state index contributed by atoms with van der Waals surface area (Å²) in [6.45, 7) is 0.724. The van der Waals surface area contributed by atoms with E-state index in [0.717, 1.165) is 18.7 Å². The van der Waals surface area contributed by atoms with Gasteiger partial charge in [0.1, 0.15) is 23.2 Å². The molecule has 1 atom stereocenters. The molecule has 2 heterocycles. The van der Waals surface area contributed by atoms with Crippen molar-refractivity contribution in [2.45, 2.75) is 12.1 Å². The lowest BCUT2D eigenvalue weighted by Gasteiger charge is -2.32. The molecule has 0 bridgehead atoms. The van der Waals surface area contributed by atoms with Crippen LogP contribution in [0.5, 0.6) is 0 Å². The number of pyridine rings is 1. The highest BCUT2D eigenvalue weighted by Gasteiger charge is 2.58. The summed E-state index contributed by atoms with van der Waals surface area (Å²) in [4.78, 5) is 20.1. The summed E-state index contributed by atoms with van der Waals surface area (Å²) in [5.41, 5.74) is 0.822. The number of rotatable bonds is 5. The molecule has 1 unspecified atom stereocenters. The Labute approximate surface area is 200 Å². The second kappa shape index (κ2) is 9.77. The van der Waals surface area contributed by atoms with Gasteiger partial charge in [0.25, 0.3) is 5.91 Å². The van der Waals surface area contributed by atoms with E-state index < -0.39 is 7.26 Å². The predicted octanol–water partition coefficient (Wildman–Crippen LogP) is 1.18. The van der Waals surface area contributed by atoms with Crippen molar-refractivity contribution in [3.8, 4) is 0 Å². The lowest BCUT2D eigenvalue weighted by Crippen LogP contribution is -3.00. The van der Waals surface area contributed by atoms with Crippen LogP contribution in [0.4, 0.5) is 5.69 Å². The first-order chi connectivity index (χ1) is 15.3. The molecule has 0 radical (unpaired) electrons. The van der Waals surface area contributed by atoms with Crippen molar-refractivity contribution in [1.82, 2.24) is 4.98 Å². The Bertz CT molecular complexity index is 1060. The smallest absolute Gasteiger partial charge is 0.268 e. The van der Waals surface area contributed by atoms with Crippen molar-refractivity contribution in [2.24, 2.45) is 0 Å². The highest BCUT2D eigenvalue weighted by Crippen LogP contribution is 2.62. The zero-order valence-electron chi connectivity index (χ0n) is 17.6. The lowest BCUT2D eigenvalue weighted by atomic mass is 10.3. The largest absolute Gasteiger partial charge is 1.00 e. The molecule has 0 spiro atoms. The molecule has 160 valence electrons. The van der Waals surface area contributed by atoms with E-state index in [0.29, 0.717) is 0 Å². The summed E-state index contributed by atoms with van der Waals surface area (Å²) in [5.74, 6) is 0.205. The van der Waals surface area contributed by atoms with Gasteiger partial charge in [0.2, 0.25) is 0 Å². The first kappa shape index (κ1) is 22.4. The average molecular weight is 503 g/mol. The Balaban J connectivity index is 0.00000245. The molecule has 0 saturated carbocycles. The third kappa shape index (κ3) is 3.79. The number of carbonyl (C=O) groups is 1. The standard InChI is InChI=1S/C27H24N2OP.BrH/c30-27-26(18-21-29(27)22-16-19-28-20-17-22)31(23-10-4-1-5-11-23,24-12-6-2-7-13-24)25-14-8-3-9-15-25;/h1-17,19-20,26H,18,21H2;1H/q+1;/p-1. The number of amides is 1. The van der Waals surface area contributed by atoms with Crippen molar-refractivity contribution >= 4 is 34.8 Å². The molecule has 1 fully saturated rings. The Morgan fingerprint density at radius 1 is 0.688 bits per heavy atom. The van der Waals surface area contributed by atoms with Crippen molar-refractivity contribution in [2.75, 3.05) is 11.4 Å². The SMILES string of the molecule is O=C1C([P+](c2ccccc2)(c2ccccc2)c2ccccc2)CCN1c1ccncc1.[Br-]. The van der Waals surface area contributed by atoms with Gasteiger partial charge in [-0.3, -0.25) is 9.78 Å². The van der Waals surface area contributed by atoms with Gasteiger partial charge in [0, 0.05) is 31.0 Å². The first-order valence-corrected chi connectivity index (χ1v) is 12.4. The monoisotopic (exact) mass is 502 g/mol. The van der Waals surface area contributed by atoms with E-state index in [-0.39, 0.29) is 28.5 Å². The van der Waals surface area contributed by atoms with Crippen LogP contribution in [-0.4, -0.2) is 23.1 Å². The van der Waals surface area contributed by atoms with Gasteiger partial charge in [0.15, 0.2) is 5.66 Å². The number of benzene rings is 3. The maximum absolute atomic E-state index is 14.0. The van der Waals surface area contributed by atoms with E-state index in [1.54, 1.807) is 12.4 Å². The van der Waals surface area contributed by atoms with E-state index in [1.807, 2.05) is 35.2 Å². The van der Waals surface area contributed by atoms with Crippen LogP contribution in [0.1, 0.15) is 6.42 Å². The summed E-state index contributed by atoms with van der Waals surface area (Å²) < 4.78 is 0. The predicted molar refractivity (Wildman–Crippen MR) is 130 cm³/mol. The molecule has 0 N–H and O–H groups in total. The minimum absolute atomic E-state index is 0. The fraction of sp³-hybridized carbons (Fsp3) is 0.111. The van der Waals surface area contributed by atoms with Crippen molar-refractivity contribution in [3.05, 3.63) is 116 Å². The van der Waals surface area contributed by atoms with Crippen molar-refractivity contribution in [1.29, 1.82) is 0 Å². The molecule has 1 aliphatic rings. The minimum Gasteiger partial charge on any atom is -1.00 e. The van der Waals surface area contributed by atoms with E-state index in [9.17, 15) is 4.79 Å². The van der Waals surface area contributed by atoms with Gasteiger partial charge in [-0.05, 0) is 48.5 Å². The third-order valence-corrected chi connectivity index (χ3v) is 10.9. The fourth-order valence-corrected chi connectivity index (χ4v) is 9.66. The van der Waals surface area contributed by atoms with Gasteiger partial charge >= 0.3 is 0 Å². The number of aromatic nitrogens is 1. The first-order valence-electron chi connectivity index (χ1n) is 10.6. The summed E-state index contributed by atoms with van der Waals surface area (Å²) >= 11 is 0. The molecule has 5 heteroatoms. The Kier molecular flexibility index (Phi) is 6.83. The molecule has 5 rings (SSSR count). The Morgan fingerprint density at radius 3 is 1.56 bits per heavy atom. The summed E-state index contributed by atoms with van der Waals surface area (Å²) in [7, 11) is -2.22. The molecule has 1 saturated heterocycles. The third-order valence-electron chi connectivity index (χ3n) is 6.11. The average Bonchev–Trinajstić information content (AvgIpc) is 3.24.